The Morgan fingerprint density at radius 1 is 1.25 bits per heavy atom. The van der Waals surface area contributed by atoms with Crippen LogP contribution in [0.4, 0.5) is 4.39 Å². The molecule has 4 atom stereocenters. The van der Waals surface area contributed by atoms with Crippen LogP contribution < -0.4 is 10.1 Å². The van der Waals surface area contributed by atoms with Crippen molar-refractivity contribution in [2.75, 3.05) is 13.6 Å². The monoisotopic (exact) mass is 383 g/mol. The molecule has 0 unspecified atom stereocenters. The van der Waals surface area contributed by atoms with E-state index in [0.29, 0.717) is 30.4 Å². The van der Waals surface area contributed by atoms with Crippen molar-refractivity contribution >= 4 is 5.97 Å². The Morgan fingerprint density at radius 2 is 2.04 bits per heavy atom. The van der Waals surface area contributed by atoms with Gasteiger partial charge in [0, 0.05) is 18.0 Å². The van der Waals surface area contributed by atoms with E-state index in [9.17, 15) is 14.3 Å². The molecule has 2 aliphatic rings. The maximum Gasteiger partial charge on any atom is 0.343 e. The molecule has 2 aromatic rings. The molecule has 2 aromatic carbocycles. The van der Waals surface area contributed by atoms with Crippen LogP contribution in [0, 0.1) is 23.6 Å². The van der Waals surface area contributed by atoms with Gasteiger partial charge in [-0.3, -0.25) is 0 Å². The van der Waals surface area contributed by atoms with Gasteiger partial charge in [-0.25, -0.2) is 9.18 Å². The summed E-state index contributed by atoms with van der Waals surface area (Å²) in [5, 5.41) is 14.8. The number of carbonyl (C=O) groups excluding carboxylic acids is 1. The molecular weight excluding hydrogens is 357 g/mol. The summed E-state index contributed by atoms with van der Waals surface area (Å²) in [4.78, 5) is 12.4. The van der Waals surface area contributed by atoms with E-state index in [1.54, 1.807) is 24.3 Å². The van der Waals surface area contributed by atoms with E-state index in [0.717, 1.165) is 19.3 Å². The molecule has 4 rings (SSSR count). The van der Waals surface area contributed by atoms with Crippen LogP contribution in [0.25, 0.3) is 0 Å². The number of nitrogens with one attached hydrogen (secondary N) is 1. The van der Waals surface area contributed by atoms with Crippen LogP contribution in [-0.4, -0.2) is 24.7 Å². The Kier molecular flexibility index (Phi) is 5.21. The van der Waals surface area contributed by atoms with Crippen LogP contribution in [0.5, 0.6) is 5.75 Å². The lowest BCUT2D eigenvalue weighted by Gasteiger charge is -2.44. The van der Waals surface area contributed by atoms with Gasteiger partial charge < -0.3 is 15.2 Å². The summed E-state index contributed by atoms with van der Waals surface area (Å²) in [6, 6.07) is 12.9. The first-order valence-corrected chi connectivity index (χ1v) is 9.95. The average Bonchev–Trinajstić information content (AvgIpc) is 3.10. The largest absolute Gasteiger partial charge is 0.423 e. The Bertz CT molecular complexity index is 856. The highest BCUT2D eigenvalue weighted by Gasteiger charge is 2.52. The van der Waals surface area contributed by atoms with Crippen LogP contribution >= 0.6 is 0 Å². The van der Waals surface area contributed by atoms with Crippen LogP contribution in [0.1, 0.15) is 41.6 Å². The number of aliphatic hydroxyl groups is 1. The molecule has 0 radical (unpaired) electrons. The predicted octanol–water partition coefficient (Wildman–Crippen LogP) is 3.89. The number of rotatable bonds is 5. The molecule has 0 amide bonds. The highest BCUT2D eigenvalue weighted by atomic mass is 19.1. The fourth-order valence-corrected chi connectivity index (χ4v) is 5.15. The lowest BCUT2D eigenvalue weighted by atomic mass is 9.66. The topological polar surface area (TPSA) is 58.6 Å². The van der Waals surface area contributed by atoms with Crippen LogP contribution in [0.2, 0.25) is 0 Å². The molecule has 148 valence electrons. The minimum Gasteiger partial charge on any atom is -0.423 e. The smallest absolute Gasteiger partial charge is 0.343 e. The molecule has 2 fully saturated rings. The molecule has 0 saturated heterocycles. The molecule has 0 aromatic heterocycles. The SMILES string of the molecule is CNC[C@H]1[C@@H]2CC[C@@H](C2)C[C@]1(O)c1cc(OC(=O)c2ccccc2)ccc1F. The molecule has 5 heteroatoms. The Morgan fingerprint density at radius 3 is 2.79 bits per heavy atom. The van der Waals surface area contributed by atoms with Gasteiger partial charge in [0.2, 0.25) is 0 Å². The predicted molar refractivity (Wildman–Crippen MR) is 105 cm³/mol. The number of fused-ring (bicyclic) bond motifs is 2. The number of esters is 1. The first-order chi connectivity index (χ1) is 13.5. The van der Waals surface area contributed by atoms with E-state index < -0.39 is 17.4 Å². The molecule has 4 nitrogen and oxygen atoms in total. The van der Waals surface area contributed by atoms with Crippen molar-refractivity contribution in [3.8, 4) is 5.75 Å². The van der Waals surface area contributed by atoms with Crippen molar-refractivity contribution in [3.05, 3.63) is 65.5 Å². The van der Waals surface area contributed by atoms with Crippen molar-refractivity contribution in [1.82, 2.24) is 5.32 Å². The number of carbonyl (C=O) groups is 1. The molecule has 0 heterocycles. The summed E-state index contributed by atoms with van der Waals surface area (Å²) in [5.74, 6) is 0.0276. The minimum atomic E-state index is -1.26. The molecule has 2 saturated carbocycles. The van der Waals surface area contributed by atoms with Gasteiger partial charge >= 0.3 is 5.97 Å². The second kappa shape index (κ2) is 7.64. The van der Waals surface area contributed by atoms with Crippen LogP contribution in [0.3, 0.4) is 0 Å². The van der Waals surface area contributed by atoms with E-state index in [-0.39, 0.29) is 17.2 Å². The Hall–Kier alpha value is -2.24. The van der Waals surface area contributed by atoms with E-state index in [2.05, 4.69) is 5.32 Å². The van der Waals surface area contributed by atoms with Crippen molar-refractivity contribution in [2.24, 2.45) is 17.8 Å². The number of halogens is 1. The third kappa shape index (κ3) is 3.45. The third-order valence-electron chi connectivity index (χ3n) is 6.41. The van der Waals surface area contributed by atoms with Crippen LogP contribution in [0.15, 0.2) is 48.5 Å². The quantitative estimate of drug-likeness (QED) is 0.608. The van der Waals surface area contributed by atoms with Gasteiger partial charge in [0.1, 0.15) is 11.6 Å². The lowest BCUT2D eigenvalue weighted by molar-refractivity contribution is -0.0829. The zero-order valence-electron chi connectivity index (χ0n) is 16.0. The Labute approximate surface area is 164 Å². The molecule has 28 heavy (non-hydrogen) atoms. The van der Waals surface area contributed by atoms with Gasteiger partial charge in [-0.05, 0) is 68.5 Å². The number of hydrogen-bond donors (Lipinski definition) is 2. The summed E-state index contributed by atoms with van der Waals surface area (Å²) < 4.78 is 20.3. The first-order valence-electron chi connectivity index (χ1n) is 9.95. The average molecular weight is 383 g/mol. The molecule has 0 aliphatic heterocycles. The fourth-order valence-electron chi connectivity index (χ4n) is 5.15. The molecule has 2 bridgehead atoms. The van der Waals surface area contributed by atoms with Gasteiger partial charge in [0.25, 0.3) is 0 Å². The summed E-state index contributed by atoms with van der Waals surface area (Å²) in [7, 11) is 1.86. The molecular formula is C23H26FNO3. The fraction of sp³-hybridized carbons (Fsp3) is 0.435. The van der Waals surface area contributed by atoms with Gasteiger partial charge in [-0.2, -0.15) is 0 Å². The van der Waals surface area contributed by atoms with Crippen LogP contribution in [-0.2, 0) is 5.60 Å². The summed E-state index contributed by atoms with van der Waals surface area (Å²) in [5.41, 5.74) is -0.592. The normalized spacial score (nSPS) is 28.9. The van der Waals surface area contributed by atoms with E-state index in [1.165, 1.54) is 18.2 Å². The second-order valence-electron chi connectivity index (χ2n) is 8.13. The number of ether oxygens (including phenoxy) is 1. The van der Waals surface area contributed by atoms with Crippen molar-refractivity contribution < 1.29 is 19.0 Å². The molecule has 2 N–H and O–H groups in total. The molecule has 0 spiro atoms. The number of benzene rings is 2. The standard InChI is InChI=1S/C23H26FNO3/c1-25-14-20-17-8-7-15(11-17)13-23(20,27)19-12-18(9-10-21(19)24)28-22(26)16-5-3-2-4-6-16/h2-6,9-10,12,15,17,20,25,27H,7-8,11,13-14H2,1H3/t15-,17+,20-,23-/m0/s1. The van der Waals surface area contributed by atoms with Gasteiger partial charge in [-0.15, -0.1) is 0 Å². The van der Waals surface area contributed by atoms with Crippen molar-refractivity contribution in [1.29, 1.82) is 0 Å². The first kappa shape index (κ1) is 19.1. The van der Waals surface area contributed by atoms with Gasteiger partial charge in [0.15, 0.2) is 0 Å². The summed E-state index contributed by atoms with van der Waals surface area (Å²) in [6.07, 6.45) is 3.79. The second-order valence-corrected chi connectivity index (χ2v) is 8.13. The Balaban J connectivity index is 1.65. The maximum absolute atomic E-state index is 14.8. The van der Waals surface area contributed by atoms with E-state index in [1.807, 2.05) is 13.1 Å². The van der Waals surface area contributed by atoms with E-state index >= 15 is 0 Å². The summed E-state index contributed by atoms with van der Waals surface area (Å²) in [6.45, 7) is 0.626. The zero-order valence-corrected chi connectivity index (χ0v) is 16.0. The van der Waals surface area contributed by atoms with Crippen molar-refractivity contribution in [2.45, 2.75) is 31.3 Å². The van der Waals surface area contributed by atoms with Crippen molar-refractivity contribution in [3.63, 3.8) is 0 Å². The summed E-state index contributed by atoms with van der Waals surface area (Å²) >= 11 is 0. The zero-order chi connectivity index (χ0) is 19.7. The van der Waals surface area contributed by atoms with E-state index in [4.69, 9.17) is 4.74 Å². The third-order valence-corrected chi connectivity index (χ3v) is 6.41. The van der Waals surface area contributed by atoms with Gasteiger partial charge in [0.05, 0.1) is 11.2 Å². The maximum atomic E-state index is 14.8. The lowest BCUT2D eigenvalue weighted by Crippen LogP contribution is -2.47. The highest BCUT2D eigenvalue weighted by molar-refractivity contribution is 5.90. The number of hydrogen-bond acceptors (Lipinski definition) is 4. The van der Waals surface area contributed by atoms with Gasteiger partial charge in [-0.1, -0.05) is 24.6 Å². The molecule has 2 aliphatic carbocycles. The minimum absolute atomic E-state index is 0.0641. The highest BCUT2D eigenvalue weighted by Crippen LogP contribution is 2.54.